The highest BCUT2D eigenvalue weighted by molar-refractivity contribution is 9.09. The van der Waals surface area contributed by atoms with Crippen LogP contribution in [0.5, 0.6) is 0 Å². The van der Waals surface area contributed by atoms with E-state index in [2.05, 4.69) is 109 Å². The number of nitrogens with zero attached hydrogens (tertiary/aromatic N) is 6. The molecule has 5 aromatic rings. The number of aromatic nitrogens is 1. The fourth-order valence-corrected chi connectivity index (χ4v) is 9.51. The number of ketones is 2. The number of benzene rings is 4. The first-order valence-corrected chi connectivity index (χ1v) is 25.7. The van der Waals surface area contributed by atoms with Crippen molar-refractivity contribution >= 4 is 140 Å². The molecule has 7 rings (SSSR count). The molecule has 0 aliphatic carbocycles. The number of thiocarbonyl (C=S) groups is 1. The molecule has 12 nitrogen and oxygen atoms in total. The Kier molecular flexibility index (Phi) is 23.3. The van der Waals surface area contributed by atoms with Crippen LogP contribution in [0.25, 0.3) is 0 Å². The highest BCUT2D eigenvalue weighted by Gasteiger charge is 2.23. The van der Waals surface area contributed by atoms with Gasteiger partial charge in [0.1, 0.15) is 10.7 Å². The van der Waals surface area contributed by atoms with Crippen LogP contribution < -0.4 is 31.9 Å². The van der Waals surface area contributed by atoms with Gasteiger partial charge in [0.2, 0.25) is 5.78 Å². The molecule has 2 aliphatic heterocycles. The molecule has 0 bridgehead atoms. The summed E-state index contributed by atoms with van der Waals surface area (Å²) in [7, 11) is 8.64. The summed E-state index contributed by atoms with van der Waals surface area (Å²) in [5.74, 6) is 1.03. The summed E-state index contributed by atoms with van der Waals surface area (Å²) in [4.78, 5) is 42.2. The molecule has 2 fully saturated rings. The Morgan fingerprint density at radius 3 is 1.67 bits per heavy atom. The average Bonchev–Trinajstić information content (AvgIpc) is 3.69. The molecule has 1 aromatic heterocycles. The minimum Gasteiger partial charge on any atom is -0.382 e. The van der Waals surface area contributed by atoms with Crippen molar-refractivity contribution in [3.63, 3.8) is 0 Å². The summed E-state index contributed by atoms with van der Waals surface area (Å²) < 4.78 is 0. The van der Waals surface area contributed by atoms with E-state index in [1.165, 1.54) is 60.2 Å². The van der Waals surface area contributed by atoms with Crippen molar-refractivity contribution < 1.29 is 9.59 Å². The first-order valence-electron chi connectivity index (χ1n) is 21.6. The van der Waals surface area contributed by atoms with Crippen LogP contribution in [-0.4, -0.2) is 114 Å². The number of alkyl halides is 1. The summed E-state index contributed by atoms with van der Waals surface area (Å²) in [6, 6.07) is 31.6. The molecule has 0 saturated carbocycles. The lowest BCUT2D eigenvalue weighted by atomic mass is 10.0. The molecule has 0 amide bonds. The van der Waals surface area contributed by atoms with Gasteiger partial charge in [0.25, 0.3) is 0 Å². The van der Waals surface area contributed by atoms with Gasteiger partial charge in [-0.3, -0.25) is 9.59 Å². The summed E-state index contributed by atoms with van der Waals surface area (Å²) in [6.45, 7) is 6.36. The lowest BCUT2D eigenvalue weighted by Gasteiger charge is -2.36. The van der Waals surface area contributed by atoms with E-state index in [4.69, 9.17) is 46.9 Å². The van der Waals surface area contributed by atoms with E-state index in [0.29, 0.717) is 58.9 Å². The van der Waals surface area contributed by atoms with Gasteiger partial charge in [-0.25, -0.2) is 4.98 Å². The van der Waals surface area contributed by atoms with E-state index in [0.717, 1.165) is 43.3 Å². The first kappa shape index (κ1) is 55.8. The number of carbonyl (C=O) groups is 2. The number of halogens is 3. The Bertz CT molecular complexity index is 2360. The van der Waals surface area contributed by atoms with Gasteiger partial charge in [0.05, 0.1) is 5.33 Å². The smallest absolute Gasteiger partial charge is 0.206 e. The number of amidine groups is 1. The molecule has 2 saturated heterocycles. The largest absolute Gasteiger partial charge is 0.382 e. The van der Waals surface area contributed by atoms with Crippen molar-refractivity contribution in [1.82, 2.24) is 14.8 Å². The molecule has 6 N–H and O–H groups in total. The molecule has 0 radical (unpaired) electrons. The topological polar surface area (TPSA) is 148 Å². The maximum absolute atomic E-state index is 12.7. The lowest BCUT2D eigenvalue weighted by Crippen LogP contribution is -2.41. The Hall–Kier alpha value is -3.83. The van der Waals surface area contributed by atoms with Crippen LogP contribution in [0.15, 0.2) is 102 Å². The Balaban J connectivity index is 0.000000241. The molecule has 4 aromatic carbocycles. The van der Waals surface area contributed by atoms with Gasteiger partial charge in [0.15, 0.2) is 21.2 Å². The number of hydrogen-bond donors (Lipinski definition) is 4. The number of carbonyl (C=O) groups excluding carboxylic acids is 2. The molecule has 3 heterocycles. The standard InChI is InChI=1S/C23H26ClN5OS.C17H27N5S2.C8H6BrClO.H3P/c1-28(2)18-11-13-29(14-12-18)19-9-7-17(8-10-19)26-23-27-22(25)21(31-23)20(30)15-3-5-16(24)6-4-15;1-4-24-16(18)20-17(23)19-13-5-7-15(8-6-13)22-11-9-14(10-12-22)21(2)3;9-5-8(11)6-1-3-7(10)4-2-6;/h3-10,18H,11-14,25H2,1-2H3,(H,26,27);5-8,14H,4,9-12H2,1-3H3,(H3,18,19,20,23);1-4H,5H2;1H3. The molecular weight excluding hydrogens is 1030 g/mol. The third kappa shape index (κ3) is 17.6. The molecule has 19 heteroatoms. The Morgan fingerprint density at radius 1 is 0.791 bits per heavy atom. The van der Waals surface area contributed by atoms with Crippen molar-refractivity contribution in [2.24, 2.45) is 10.7 Å². The number of nitrogens with two attached hydrogens (primary N) is 2. The second kappa shape index (κ2) is 28.0. The number of aliphatic imine (C=N–C) groups is 1. The number of nitrogen functional groups attached to an aromatic ring is 1. The first-order chi connectivity index (χ1) is 31.6. The second-order valence-corrected chi connectivity index (χ2v) is 20.1. The van der Waals surface area contributed by atoms with Gasteiger partial charge < -0.3 is 41.7 Å². The molecule has 360 valence electrons. The summed E-state index contributed by atoms with van der Waals surface area (Å²) in [6.07, 6.45) is 4.77. The molecular formula is C48H62BrCl2N10O2PS3. The number of anilines is 6. The second-order valence-electron chi connectivity index (χ2n) is 16.0. The number of thiazole rings is 1. The Morgan fingerprint density at radius 2 is 1.24 bits per heavy atom. The predicted octanol–water partition coefficient (Wildman–Crippen LogP) is 10.8. The van der Waals surface area contributed by atoms with Gasteiger partial charge in [-0.2, -0.15) is 14.9 Å². The SMILES string of the molecule is CCSC(N)=NC(=S)Nc1ccc(N2CCC(N(C)C)CC2)cc1.CN(C)C1CCN(c2ccc(Nc3nc(N)c(C(=O)c4ccc(Cl)cc4)s3)cc2)CC1.O=C(CBr)c1ccc(Cl)cc1.P. The Labute approximate surface area is 431 Å². The predicted molar refractivity (Wildman–Crippen MR) is 302 cm³/mol. The fourth-order valence-electron chi connectivity index (χ4n) is 7.34. The summed E-state index contributed by atoms with van der Waals surface area (Å²) >= 11 is 22.6. The maximum Gasteiger partial charge on any atom is 0.206 e. The van der Waals surface area contributed by atoms with Crippen molar-refractivity contribution in [2.75, 3.05) is 91.6 Å². The maximum atomic E-state index is 12.7. The quantitative estimate of drug-likeness (QED) is 0.0235. The molecule has 2 aliphatic rings. The number of Topliss-reactive ketones (excluding diaryl/α,β-unsaturated/α-hetero) is 1. The molecule has 1 atom stereocenters. The van der Waals surface area contributed by atoms with E-state index in [1.54, 1.807) is 48.5 Å². The highest BCUT2D eigenvalue weighted by Crippen LogP contribution is 2.31. The van der Waals surface area contributed by atoms with Crippen LogP contribution in [0.4, 0.5) is 33.7 Å². The average molecular weight is 1090 g/mol. The van der Waals surface area contributed by atoms with Gasteiger partial charge in [-0.15, -0.1) is 0 Å². The zero-order chi connectivity index (χ0) is 47.8. The van der Waals surface area contributed by atoms with Crippen LogP contribution in [-0.2, 0) is 0 Å². The molecule has 0 spiro atoms. The van der Waals surface area contributed by atoms with Crippen molar-refractivity contribution in [3.8, 4) is 0 Å². The fraction of sp³-hybridized carbons (Fsp3) is 0.354. The van der Waals surface area contributed by atoms with Crippen LogP contribution in [0.2, 0.25) is 10.0 Å². The van der Waals surface area contributed by atoms with E-state index in [9.17, 15) is 9.59 Å². The van der Waals surface area contributed by atoms with Crippen LogP contribution in [0.1, 0.15) is 58.2 Å². The third-order valence-corrected chi connectivity index (χ3v) is 14.0. The third-order valence-electron chi connectivity index (χ3n) is 11.1. The van der Waals surface area contributed by atoms with Crippen molar-refractivity contribution in [3.05, 3.63) is 123 Å². The van der Waals surface area contributed by atoms with Crippen molar-refractivity contribution in [2.45, 2.75) is 44.7 Å². The van der Waals surface area contributed by atoms with Gasteiger partial charge in [-0.05, 0) is 169 Å². The van der Waals surface area contributed by atoms with Crippen LogP contribution in [0, 0.1) is 0 Å². The van der Waals surface area contributed by atoms with Crippen LogP contribution in [0.3, 0.4) is 0 Å². The number of thioether (sulfide) groups is 1. The number of piperidine rings is 2. The lowest BCUT2D eigenvalue weighted by molar-refractivity contribution is 0.102. The highest BCUT2D eigenvalue weighted by atomic mass is 79.9. The number of rotatable bonds is 12. The number of hydrogen-bond acceptors (Lipinski definition) is 12. The minimum absolute atomic E-state index is 0. The van der Waals surface area contributed by atoms with Gasteiger partial charge >= 0.3 is 0 Å². The zero-order valence-corrected chi connectivity index (χ0v) is 45.6. The normalized spacial score (nSPS) is 14.3. The van der Waals surface area contributed by atoms with E-state index < -0.39 is 0 Å². The van der Waals surface area contributed by atoms with E-state index in [1.807, 2.05) is 31.2 Å². The minimum atomic E-state index is -0.156. The van der Waals surface area contributed by atoms with Crippen molar-refractivity contribution in [1.29, 1.82) is 0 Å². The van der Waals surface area contributed by atoms with Crippen LogP contribution >= 0.6 is 84.3 Å². The zero-order valence-electron chi connectivity index (χ0n) is 38.7. The summed E-state index contributed by atoms with van der Waals surface area (Å²) in [5.41, 5.74) is 17.3. The summed E-state index contributed by atoms with van der Waals surface area (Å²) in [5, 5.41) is 9.44. The van der Waals surface area contributed by atoms with E-state index in [-0.39, 0.29) is 27.3 Å². The monoisotopic (exact) mass is 1090 g/mol. The van der Waals surface area contributed by atoms with Gasteiger partial charge in [-0.1, -0.05) is 69.2 Å². The number of nitrogens with one attached hydrogen (secondary N) is 2. The molecule has 1 unspecified atom stereocenters. The van der Waals surface area contributed by atoms with E-state index >= 15 is 0 Å². The molecule has 67 heavy (non-hydrogen) atoms. The van der Waals surface area contributed by atoms with Gasteiger partial charge in [0, 0.05) is 82.2 Å².